The van der Waals surface area contributed by atoms with Crippen molar-refractivity contribution in [3.8, 4) is 0 Å². The Kier molecular flexibility index (Phi) is 6.61. The number of carbonyl (C=O) groups is 1. The van der Waals surface area contributed by atoms with Crippen molar-refractivity contribution in [2.75, 3.05) is 76.3 Å². The van der Waals surface area contributed by atoms with Gasteiger partial charge in [0.15, 0.2) is 0 Å². The first kappa shape index (κ1) is 18.8. The lowest BCUT2D eigenvalue weighted by Crippen LogP contribution is -2.52. The number of amides is 2. The Hall–Kier alpha value is -1.95. The van der Waals surface area contributed by atoms with Crippen LogP contribution in [0.15, 0.2) is 24.3 Å². The van der Waals surface area contributed by atoms with Crippen LogP contribution in [-0.4, -0.2) is 82.3 Å². The number of anilines is 2. The number of piperazine rings is 1. The number of hydrogen-bond donors (Lipinski definition) is 1. The molecule has 1 aromatic carbocycles. The molecule has 0 aliphatic carbocycles. The van der Waals surface area contributed by atoms with E-state index in [-0.39, 0.29) is 6.03 Å². The molecule has 0 saturated carbocycles. The minimum absolute atomic E-state index is 0.0620. The van der Waals surface area contributed by atoms with Gasteiger partial charge in [0.25, 0.3) is 0 Å². The normalized spacial score (nSPS) is 18.3. The van der Waals surface area contributed by atoms with Gasteiger partial charge in [0.1, 0.15) is 0 Å². The Morgan fingerprint density at radius 2 is 1.42 bits per heavy atom. The van der Waals surface area contributed by atoms with Gasteiger partial charge in [-0.3, -0.25) is 0 Å². The van der Waals surface area contributed by atoms with Crippen LogP contribution < -0.4 is 15.1 Å². The number of nitrogens with zero attached hydrogens (tertiary/aromatic N) is 4. The molecule has 1 aromatic rings. The van der Waals surface area contributed by atoms with Crippen LogP contribution in [0.25, 0.3) is 0 Å². The first-order valence-corrected chi connectivity index (χ1v) is 9.91. The fraction of sp³-hybridized carbons (Fsp3) is 0.650. The number of likely N-dealkylation sites (N-methyl/N-ethyl adjacent to an activating group) is 1. The fourth-order valence-corrected chi connectivity index (χ4v) is 3.69. The zero-order valence-corrected chi connectivity index (χ0v) is 16.3. The maximum absolute atomic E-state index is 12.2. The minimum atomic E-state index is 0.0620. The van der Waals surface area contributed by atoms with Crippen molar-refractivity contribution in [2.24, 2.45) is 0 Å². The van der Waals surface area contributed by atoms with E-state index in [1.54, 1.807) is 0 Å². The predicted molar refractivity (Wildman–Crippen MR) is 108 cm³/mol. The lowest BCUT2D eigenvalue weighted by Gasteiger charge is -2.36. The maximum atomic E-state index is 12.2. The summed E-state index contributed by atoms with van der Waals surface area (Å²) in [4.78, 5) is 21.1. The molecular formula is C20H33N5O. The summed E-state index contributed by atoms with van der Waals surface area (Å²) in [6.07, 6.45) is 3.97. The van der Waals surface area contributed by atoms with Crippen LogP contribution in [0.4, 0.5) is 16.2 Å². The Morgan fingerprint density at radius 3 is 1.96 bits per heavy atom. The molecule has 1 N–H and O–H groups in total. The van der Waals surface area contributed by atoms with E-state index in [4.69, 9.17) is 0 Å². The number of nitrogens with one attached hydrogen (secondary N) is 1. The highest BCUT2D eigenvalue weighted by atomic mass is 16.2. The van der Waals surface area contributed by atoms with E-state index in [2.05, 4.69) is 44.3 Å². The van der Waals surface area contributed by atoms with Gasteiger partial charge >= 0.3 is 6.03 Å². The summed E-state index contributed by atoms with van der Waals surface area (Å²) in [5.41, 5.74) is 2.60. The average molecular weight is 360 g/mol. The summed E-state index contributed by atoms with van der Waals surface area (Å²) >= 11 is 0. The highest BCUT2D eigenvalue weighted by Crippen LogP contribution is 2.24. The van der Waals surface area contributed by atoms with Crippen molar-refractivity contribution in [3.63, 3.8) is 0 Å². The smallest absolute Gasteiger partial charge is 0.317 e. The largest absolute Gasteiger partial charge is 0.372 e. The Labute approximate surface area is 157 Å². The van der Waals surface area contributed by atoms with Gasteiger partial charge in [-0.15, -0.1) is 0 Å². The lowest BCUT2D eigenvalue weighted by molar-refractivity contribution is 0.193. The molecule has 0 radical (unpaired) electrons. The van der Waals surface area contributed by atoms with Crippen molar-refractivity contribution < 1.29 is 4.79 Å². The zero-order chi connectivity index (χ0) is 18.4. The van der Waals surface area contributed by atoms with Crippen LogP contribution in [0.5, 0.6) is 0 Å². The summed E-state index contributed by atoms with van der Waals surface area (Å²) in [6.45, 7) is 7.28. The summed E-state index contributed by atoms with van der Waals surface area (Å²) < 4.78 is 0. The van der Waals surface area contributed by atoms with Gasteiger partial charge in [-0.25, -0.2) is 4.79 Å². The molecule has 6 nitrogen and oxygen atoms in total. The van der Waals surface area contributed by atoms with Crippen LogP contribution >= 0.6 is 0 Å². The van der Waals surface area contributed by atoms with E-state index in [0.29, 0.717) is 6.54 Å². The SMILES string of the molecule is CN(C)CCNC(=O)N1CCN(c2ccc(N3CCCCC3)cc2)CC1. The van der Waals surface area contributed by atoms with Crippen molar-refractivity contribution >= 4 is 17.4 Å². The van der Waals surface area contributed by atoms with E-state index in [0.717, 1.165) is 32.7 Å². The molecule has 2 saturated heterocycles. The van der Waals surface area contributed by atoms with E-state index in [1.165, 1.54) is 43.7 Å². The third kappa shape index (κ3) is 5.04. The Balaban J connectivity index is 1.46. The fourth-order valence-electron chi connectivity index (χ4n) is 3.69. The molecule has 2 fully saturated rings. The van der Waals surface area contributed by atoms with Gasteiger partial charge in [0.2, 0.25) is 0 Å². The Morgan fingerprint density at radius 1 is 0.885 bits per heavy atom. The molecule has 2 amide bonds. The van der Waals surface area contributed by atoms with E-state index in [9.17, 15) is 4.79 Å². The molecule has 3 rings (SSSR count). The first-order valence-electron chi connectivity index (χ1n) is 9.91. The number of rotatable bonds is 5. The zero-order valence-electron chi connectivity index (χ0n) is 16.3. The van der Waals surface area contributed by atoms with Crippen LogP contribution in [0.1, 0.15) is 19.3 Å². The molecule has 0 bridgehead atoms. The van der Waals surface area contributed by atoms with Gasteiger partial charge < -0.3 is 24.9 Å². The second-order valence-electron chi connectivity index (χ2n) is 7.57. The second-order valence-corrected chi connectivity index (χ2v) is 7.57. The number of piperidine rings is 1. The molecule has 2 aliphatic heterocycles. The predicted octanol–water partition coefficient (Wildman–Crippen LogP) is 2.07. The standard InChI is InChI=1S/C20H33N5O/c1-22(2)13-10-21-20(26)25-16-14-24(15-17-25)19-8-6-18(7-9-19)23-11-4-3-5-12-23/h6-9H,3-5,10-17H2,1-2H3,(H,21,26). The molecule has 0 atom stereocenters. The average Bonchev–Trinajstić information content (AvgIpc) is 2.68. The van der Waals surface area contributed by atoms with Crippen LogP contribution in [0, 0.1) is 0 Å². The number of hydrogen-bond acceptors (Lipinski definition) is 4. The van der Waals surface area contributed by atoms with Crippen molar-refractivity contribution in [2.45, 2.75) is 19.3 Å². The number of urea groups is 1. The van der Waals surface area contributed by atoms with E-state index >= 15 is 0 Å². The van der Waals surface area contributed by atoms with Gasteiger partial charge in [0.05, 0.1) is 0 Å². The third-order valence-corrected chi connectivity index (χ3v) is 5.34. The summed E-state index contributed by atoms with van der Waals surface area (Å²) in [5, 5.41) is 3.00. The highest BCUT2D eigenvalue weighted by Gasteiger charge is 2.21. The van der Waals surface area contributed by atoms with E-state index in [1.807, 2.05) is 19.0 Å². The maximum Gasteiger partial charge on any atom is 0.317 e. The third-order valence-electron chi connectivity index (χ3n) is 5.34. The molecule has 2 aliphatic rings. The van der Waals surface area contributed by atoms with Gasteiger partial charge in [-0.1, -0.05) is 0 Å². The monoisotopic (exact) mass is 359 g/mol. The Bertz CT molecular complexity index is 560. The molecule has 0 spiro atoms. The molecule has 26 heavy (non-hydrogen) atoms. The van der Waals surface area contributed by atoms with Gasteiger partial charge in [-0.05, 0) is 57.6 Å². The highest BCUT2D eigenvalue weighted by molar-refractivity contribution is 5.74. The minimum Gasteiger partial charge on any atom is -0.372 e. The lowest BCUT2D eigenvalue weighted by atomic mass is 10.1. The van der Waals surface area contributed by atoms with Crippen molar-refractivity contribution in [3.05, 3.63) is 24.3 Å². The van der Waals surface area contributed by atoms with Crippen molar-refractivity contribution in [1.82, 2.24) is 15.1 Å². The second kappa shape index (κ2) is 9.12. The van der Waals surface area contributed by atoms with Crippen LogP contribution in [0.2, 0.25) is 0 Å². The summed E-state index contributed by atoms with van der Waals surface area (Å²) in [5.74, 6) is 0. The molecule has 0 unspecified atom stereocenters. The molecule has 6 heteroatoms. The summed E-state index contributed by atoms with van der Waals surface area (Å²) in [7, 11) is 4.03. The number of carbonyl (C=O) groups excluding carboxylic acids is 1. The summed E-state index contributed by atoms with van der Waals surface area (Å²) in [6, 6.07) is 9.03. The first-order chi connectivity index (χ1) is 12.6. The molecule has 2 heterocycles. The van der Waals surface area contributed by atoms with Crippen LogP contribution in [0.3, 0.4) is 0 Å². The van der Waals surface area contributed by atoms with Gasteiger partial charge in [0, 0.05) is 63.7 Å². The topological polar surface area (TPSA) is 42.1 Å². The van der Waals surface area contributed by atoms with Crippen molar-refractivity contribution in [1.29, 1.82) is 0 Å². The van der Waals surface area contributed by atoms with Crippen LogP contribution in [-0.2, 0) is 0 Å². The van der Waals surface area contributed by atoms with Gasteiger partial charge in [-0.2, -0.15) is 0 Å². The molecular weight excluding hydrogens is 326 g/mol. The number of benzene rings is 1. The van der Waals surface area contributed by atoms with E-state index < -0.39 is 0 Å². The quantitative estimate of drug-likeness (QED) is 0.874. The molecule has 0 aromatic heterocycles. The molecule has 144 valence electrons.